The second kappa shape index (κ2) is 6.75. The van der Waals surface area contributed by atoms with Crippen molar-refractivity contribution in [3.05, 3.63) is 56.5 Å². The summed E-state index contributed by atoms with van der Waals surface area (Å²) >= 11 is 18.1. The number of hydrogen-bond donors (Lipinski definition) is 1. The van der Waals surface area contributed by atoms with Gasteiger partial charge in [0.25, 0.3) is 0 Å². The number of ether oxygens (including phenoxy) is 2. The average Bonchev–Trinajstić information content (AvgIpc) is 2.48. The van der Waals surface area contributed by atoms with Crippen LogP contribution in [0.2, 0.25) is 15.1 Å². The van der Waals surface area contributed by atoms with Gasteiger partial charge in [0, 0.05) is 0 Å². The fourth-order valence-corrected chi connectivity index (χ4v) is 2.62. The summed E-state index contributed by atoms with van der Waals surface area (Å²) in [5.41, 5.74) is 7.88. The van der Waals surface area contributed by atoms with E-state index in [1.54, 1.807) is 31.4 Å². The Morgan fingerprint density at radius 1 is 0.857 bits per heavy atom. The Balaban J connectivity index is 2.45. The molecule has 0 amide bonds. The van der Waals surface area contributed by atoms with Crippen LogP contribution in [0.15, 0.2) is 30.3 Å². The summed E-state index contributed by atoms with van der Waals surface area (Å²) in [6.07, 6.45) is 0. The fraction of sp³-hybridized carbons (Fsp3) is 0.200. The number of hydrogen-bond acceptors (Lipinski definition) is 3. The lowest BCUT2D eigenvalue weighted by atomic mass is 9.99. The molecule has 6 heteroatoms. The quantitative estimate of drug-likeness (QED) is 0.871. The number of halogens is 3. The number of nitrogens with two attached hydrogens (primary N) is 1. The van der Waals surface area contributed by atoms with Crippen molar-refractivity contribution in [1.82, 2.24) is 0 Å². The Morgan fingerprint density at radius 2 is 1.52 bits per heavy atom. The van der Waals surface area contributed by atoms with Crippen LogP contribution < -0.4 is 15.2 Å². The van der Waals surface area contributed by atoms with E-state index in [-0.39, 0.29) is 0 Å². The van der Waals surface area contributed by atoms with Crippen molar-refractivity contribution in [1.29, 1.82) is 0 Å². The number of rotatable bonds is 4. The van der Waals surface area contributed by atoms with Crippen LogP contribution in [0, 0.1) is 0 Å². The lowest BCUT2D eigenvalue weighted by Gasteiger charge is -2.17. The van der Waals surface area contributed by atoms with E-state index in [0.717, 1.165) is 11.1 Å². The van der Waals surface area contributed by atoms with Crippen LogP contribution in [0.25, 0.3) is 0 Å². The molecule has 0 spiro atoms. The average molecular weight is 347 g/mol. The van der Waals surface area contributed by atoms with Gasteiger partial charge in [-0.15, -0.1) is 0 Å². The van der Waals surface area contributed by atoms with Gasteiger partial charge in [0.1, 0.15) is 0 Å². The van der Waals surface area contributed by atoms with Crippen molar-refractivity contribution in [2.45, 2.75) is 6.04 Å². The largest absolute Gasteiger partial charge is 0.493 e. The minimum atomic E-state index is -0.405. The summed E-state index contributed by atoms with van der Waals surface area (Å²) in [7, 11) is 3.07. The van der Waals surface area contributed by atoms with Crippen LogP contribution in [-0.2, 0) is 0 Å². The molecular weight excluding hydrogens is 333 g/mol. The van der Waals surface area contributed by atoms with E-state index < -0.39 is 6.04 Å². The summed E-state index contributed by atoms with van der Waals surface area (Å²) in [5, 5.41) is 1.37. The second-order valence-corrected chi connectivity index (χ2v) is 5.61. The van der Waals surface area contributed by atoms with E-state index in [2.05, 4.69) is 0 Å². The molecule has 0 radical (unpaired) electrons. The number of benzene rings is 2. The highest BCUT2D eigenvalue weighted by molar-refractivity contribution is 6.42. The molecule has 0 aliphatic heterocycles. The van der Waals surface area contributed by atoms with Gasteiger partial charge in [-0.3, -0.25) is 0 Å². The molecule has 2 aromatic rings. The topological polar surface area (TPSA) is 44.5 Å². The molecule has 2 N–H and O–H groups in total. The summed E-state index contributed by atoms with van der Waals surface area (Å²) < 4.78 is 10.5. The van der Waals surface area contributed by atoms with E-state index in [1.807, 2.05) is 6.07 Å². The predicted molar refractivity (Wildman–Crippen MR) is 87.0 cm³/mol. The molecule has 0 fully saturated rings. The molecule has 112 valence electrons. The predicted octanol–water partition coefficient (Wildman–Crippen LogP) is 4.71. The lowest BCUT2D eigenvalue weighted by Crippen LogP contribution is -2.12. The van der Waals surface area contributed by atoms with Crippen LogP contribution in [0.5, 0.6) is 11.5 Å². The van der Waals surface area contributed by atoms with Gasteiger partial charge in [0.05, 0.1) is 35.3 Å². The Labute approximate surface area is 138 Å². The van der Waals surface area contributed by atoms with E-state index >= 15 is 0 Å². The van der Waals surface area contributed by atoms with Gasteiger partial charge in [-0.2, -0.15) is 0 Å². The highest BCUT2D eigenvalue weighted by Crippen LogP contribution is 2.38. The van der Waals surface area contributed by atoms with Crippen LogP contribution in [0.1, 0.15) is 17.2 Å². The summed E-state index contributed by atoms with van der Waals surface area (Å²) in [4.78, 5) is 0. The zero-order chi connectivity index (χ0) is 15.6. The molecule has 0 saturated carbocycles. The minimum absolute atomic E-state index is 0.405. The van der Waals surface area contributed by atoms with Crippen molar-refractivity contribution in [2.75, 3.05) is 14.2 Å². The molecule has 0 heterocycles. The van der Waals surface area contributed by atoms with Gasteiger partial charge in [-0.1, -0.05) is 40.9 Å². The first-order valence-electron chi connectivity index (χ1n) is 6.10. The van der Waals surface area contributed by atoms with Crippen LogP contribution in [0.4, 0.5) is 0 Å². The highest BCUT2D eigenvalue weighted by Gasteiger charge is 2.16. The smallest absolute Gasteiger partial charge is 0.179 e. The molecule has 0 saturated heterocycles. The first-order valence-corrected chi connectivity index (χ1v) is 7.23. The zero-order valence-corrected chi connectivity index (χ0v) is 13.8. The second-order valence-electron chi connectivity index (χ2n) is 4.39. The molecule has 21 heavy (non-hydrogen) atoms. The van der Waals surface area contributed by atoms with Crippen molar-refractivity contribution in [3.8, 4) is 11.5 Å². The van der Waals surface area contributed by atoms with Crippen LogP contribution >= 0.6 is 34.8 Å². The maximum absolute atomic E-state index is 6.26. The normalized spacial score (nSPS) is 12.1. The van der Waals surface area contributed by atoms with Gasteiger partial charge in [-0.25, -0.2) is 0 Å². The van der Waals surface area contributed by atoms with Crippen molar-refractivity contribution in [3.63, 3.8) is 0 Å². The molecule has 0 aliphatic rings. The lowest BCUT2D eigenvalue weighted by molar-refractivity contribution is 0.354. The molecule has 0 bridgehead atoms. The Bertz CT molecular complexity index is 662. The maximum atomic E-state index is 6.26. The van der Waals surface area contributed by atoms with Gasteiger partial charge in [-0.05, 0) is 35.4 Å². The van der Waals surface area contributed by atoms with Crippen molar-refractivity contribution < 1.29 is 9.47 Å². The van der Waals surface area contributed by atoms with Crippen LogP contribution in [0.3, 0.4) is 0 Å². The fourth-order valence-electron chi connectivity index (χ4n) is 2.02. The molecule has 0 aliphatic carbocycles. The summed E-state index contributed by atoms with van der Waals surface area (Å²) in [5.74, 6) is 1.000. The van der Waals surface area contributed by atoms with Gasteiger partial charge in [0.2, 0.25) is 0 Å². The van der Waals surface area contributed by atoms with Crippen LogP contribution in [-0.4, -0.2) is 14.2 Å². The molecule has 1 atom stereocenters. The first-order chi connectivity index (χ1) is 9.97. The Hall–Kier alpha value is -1.13. The monoisotopic (exact) mass is 345 g/mol. The van der Waals surface area contributed by atoms with E-state index in [4.69, 9.17) is 50.0 Å². The minimum Gasteiger partial charge on any atom is -0.493 e. The molecule has 1 unspecified atom stereocenters. The summed E-state index contributed by atoms with van der Waals surface area (Å²) in [6, 6.07) is 8.40. The standard InChI is InChI=1S/C15H14Cl3NO2/c1-20-13-7-9(6-12(18)15(13)21-2)14(19)8-3-4-10(16)11(17)5-8/h3-7,14H,19H2,1-2H3. The van der Waals surface area contributed by atoms with E-state index in [9.17, 15) is 0 Å². The summed E-state index contributed by atoms with van der Waals surface area (Å²) in [6.45, 7) is 0. The highest BCUT2D eigenvalue weighted by atomic mass is 35.5. The van der Waals surface area contributed by atoms with Gasteiger partial charge < -0.3 is 15.2 Å². The maximum Gasteiger partial charge on any atom is 0.179 e. The Morgan fingerprint density at radius 3 is 2.10 bits per heavy atom. The molecule has 0 aromatic heterocycles. The third-order valence-electron chi connectivity index (χ3n) is 3.12. The third-order valence-corrected chi connectivity index (χ3v) is 4.14. The molecule has 2 aromatic carbocycles. The van der Waals surface area contributed by atoms with Crippen molar-refractivity contribution in [2.24, 2.45) is 5.73 Å². The third kappa shape index (κ3) is 3.38. The first kappa shape index (κ1) is 16.2. The van der Waals surface area contributed by atoms with Gasteiger partial charge in [0.15, 0.2) is 11.5 Å². The zero-order valence-electron chi connectivity index (χ0n) is 11.5. The molecule has 2 rings (SSSR count). The SMILES string of the molecule is COc1cc(C(N)c2ccc(Cl)c(Cl)c2)cc(Cl)c1OC. The van der Waals surface area contributed by atoms with E-state index in [0.29, 0.717) is 26.6 Å². The Kier molecular flexibility index (Phi) is 5.22. The van der Waals surface area contributed by atoms with Crippen molar-refractivity contribution >= 4 is 34.8 Å². The molecule has 3 nitrogen and oxygen atoms in total. The van der Waals surface area contributed by atoms with E-state index in [1.165, 1.54) is 7.11 Å². The number of methoxy groups -OCH3 is 2. The van der Waals surface area contributed by atoms with Gasteiger partial charge >= 0.3 is 0 Å². The molecular formula is C15H14Cl3NO2.